The van der Waals surface area contributed by atoms with Crippen LogP contribution < -0.4 is 11.1 Å². The van der Waals surface area contributed by atoms with Crippen LogP contribution in [0, 0.1) is 11.6 Å². The van der Waals surface area contributed by atoms with Crippen LogP contribution in [-0.4, -0.2) is 25.0 Å². The number of amides is 1. The smallest absolute Gasteiger partial charge is 0.340 e. The Kier molecular flexibility index (Phi) is 5.89. The van der Waals surface area contributed by atoms with Gasteiger partial charge in [-0.25, -0.2) is 13.6 Å². The summed E-state index contributed by atoms with van der Waals surface area (Å²) in [7, 11) is 0. The van der Waals surface area contributed by atoms with E-state index >= 15 is 0 Å². The first-order valence-corrected chi connectivity index (χ1v) is 6.14. The van der Waals surface area contributed by atoms with Gasteiger partial charge in [0.05, 0.1) is 5.56 Å². The number of benzene rings is 1. The van der Waals surface area contributed by atoms with E-state index < -0.39 is 30.1 Å². The van der Waals surface area contributed by atoms with E-state index in [0.29, 0.717) is 18.7 Å². The molecule has 0 fully saturated rings. The predicted octanol–water partition coefficient (Wildman–Crippen LogP) is 1.62. The largest absolute Gasteiger partial charge is 0.452 e. The molecule has 1 aromatic rings. The van der Waals surface area contributed by atoms with Crippen molar-refractivity contribution in [3.8, 4) is 0 Å². The van der Waals surface area contributed by atoms with E-state index in [4.69, 9.17) is 5.73 Å². The van der Waals surface area contributed by atoms with E-state index in [1.165, 1.54) is 0 Å². The Labute approximate surface area is 115 Å². The first-order chi connectivity index (χ1) is 9.45. The molecule has 0 bridgehead atoms. The van der Waals surface area contributed by atoms with Gasteiger partial charge in [-0.1, -0.05) is 13.3 Å². The van der Waals surface area contributed by atoms with Crippen molar-refractivity contribution in [3.63, 3.8) is 0 Å². The summed E-state index contributed by atoms with van der Waals surface area (Å²) in [6.45, 7) is 1.96. The zero-order valence-corrected chi connectivity index (χ0v) is 11.0. The lowest BCUT2D eigenvalue weighted by Gasteiger charge is -2.08. The lowest BCUT2D eigenvalue weighted by atomic mass is 10.1. The first-order valence-electron chi connectivity index (χ1n) is 6.14. The molecule has 110 valence electrons. The van der Waals surface area contributed by atoms with Gasteiger partial charge in [0, 0.05) is 18.3 Å². The molecule has 0 heterocycles. The maximum absolute atomic E-state index is 13.0. The Morgan fingerprint density at radius 1 is 1.30 bits per heavy atom. The van der Waals surface area contributed by atoms with E-state index in [0.717, 1.165) is 12.8 Å². The van der Waals surface area contributed by atoms with E-state index in [1.807, 2.05) is 6.92 Å². The van der Waals surface area contributed by atoms with Crippen LogP contribution in [0.4, 0.5) is 14.5 Å². The topological polar surface area (TPSA) is 81.4 Å². The molecule has 1 amide bonds. The Morgan fingerprint density at radius 3 is 2.60 bits per heavy atom. The lowest BCUT2D eigenvalue weighted by molar-refractivity contribution is -0.124. The van der Waals surface area contributed by atoms with E-state index in [-0.39, 0.29) is 11.3 Å². The molecule has 7 heteroatoms. The molecule has 0 atom stereocenters. The molecule has 0 unspecified atom stereocenters. The fraction of sp³-hybridized carbons (Fsp3) is 0.385. The number of carbonyl (C=O) groups excluding carboxylic acids is 2. The first kappa shape index (κ1) is 15.9. The SMILES string of the molecule is CCCCNC(=O)COC(=O)c1cc(F)c(F)cc1N. The summed E-state index contributed by atoms with van der Waals surface area (Å²) in [5.41, 5.74) is 4.82. The summed E-state index contributed by atoms with van der Waals surface area (Å²) in [5.74, 6) is -3.81. The highest BCUT2D eigenvalue weighted by atomic mass is 19.2. The molecule has 3 N–H and O–H groups in total. The van der Waals surface area contributed by atoms with Crippen molar-refractivity contribution in [2.75, 3.05) is 18.9 Å². The molecule has 20 heavy (non-hydrogen) atoms. The summed E-state index contributed by atoms with van der Waals surface area (Å²) < 4.78 is 30.5. The van der Waals surface area contributed by atoms with Crippen molar-refractivity contribution in [2.24, 2.45) is 0 Å². The Hall–Kier alpha value is -2.18. The van der Waals surface area contributed by atoms with Gasteiger partial charge in [-0.05, 0) is 12.5 Å². The van der Waals surface area contributed by atoms with Gasteiger partial charge in [0.1, 0.15) is 0 Å². The number of nitrogens with two attached hydrogens (primary N) is 1. The van der Waals surface area contributed by atoms with Crippen LogP contribution in [0.5, 0.6) is 0 Å². The van der Waals surface area contributed by atoms with Crippen LogP contribution in [0.1, 0.15) is 30.1 Å². The molecule has 0 aliphatic rings. The molecule has 0 spiro atoms. The minimum atomic E-state index is -1.21. The van der Waals surface area contributed by atoms with Gasteiger partial charge < -0.3 is 15.8 Å². The highest BCUT2D eigenvalue weighted by molar-refractivity contribution is 5.96. The maximum atomic E-state index is 13.0. The number of unbranched alkanes of at least 4 members (excludes halogenated alkanes) is 1. The maximum Gasteiger partial charge on any atom is 0.340 e. The van der Waals surface area contributed by atoms with Crippen molar-refractivity contribution in [2.45, 2.75) is 19.8 Å². The van der Waals surface area contributed by atoms with Gasteiger partial charge in [0.15, 0.2) is 18.2 Å². The Balaban J connectivity index is 2.55. The summed E-state index contributed by atoms with van der Waals surface area (Å²) in [5, 5.41) is 2.54. The third-order valence-corrected chi connectivity index (χ3v) is 2.50. The highest BCUT2D eigenvalue weighted by Gasteiger charge is 2.16. The average molecular weight is 286 g/mol. The van der Waals surface area contributed by atoms with Gasteiger partial charge in [-0.15, -0.1) is 0 Å². The average Bonchev–Trinajstić information content (AvgIpc) is 2.40. The molecule has 5 nitrogen and oxygen atoms in total. The number of anilines is 1. The minimum absolute atomic E-state index is 0.250. The fourth-order valence-electron chi connectivity index (χ4n) is 1.40. The monoisotopic (exact) mass is 286 g/mol. The molecule has 0 aromatic heterocycles. The van der Waals surface area contributed by atoms with Crippen LogP contribution in [0.2, 0.25) is 0 Å². The summed E-state index contributed by atoms with van der Waals surface area (Å²) >= 11 is 0. The van der Waals surface area contributed by atoms with Crippen LogP contribution in [-0.2, 0) is 9.53 Å². The van der Waals surface area contributed by atoms with Crippen molar-refractivity contribution in [1.29, 1.82) is 0 Å². The number of hydrogen-bond donors (Lipinski definition) is 2. The number of halogens is 2. The third-order valence-electron chi connectivity index (χ3n) is 2.50. The van der Waals surface area contributed by atoms with Crippen LogP contribution in [0.15, 0.2) is 12.1 Å². The summed E-state index contributed by atoms with van der Waals surface area (Å²) in [4.78, 5) is 22.9. The number of hydrogen-bond acceptors (Lipinski definition) is 4. The third kappa shape index (κ3) is 4.49. The number of ether oxygens (including phenoxy) is 1. The van der Waals surface area contributed by atoms with Crippen molar-refractivity contribution in [1.82, 2.24) is 5.32 Å². The van der Waals surface area contributed by atoms with Gasteiger partial charge in [0.25, 0.3) is 5.91 Å². The molecule has 0 radical (unpaired) electrons. The fourth-order valence-corrected chi connectivity index (χ4v) is 1.40. The molecule has 1 aromatic carbocycles. The second-order valence-electron chi connectivity index (χ2n) is 4.13. The summed E-state index contributed by atoms with van der Waals surface area (Å²) in [6.07, 6.45) is 1.74. The molecule has 0 saturated carbocycles. The zero-order valence-electron chi connectivity index (χ0n) is 11.0. The quantitative estimate of drug-likeness (QED) is 0.473. The number of rotatable bonds is 6. The lowest BCUT2D eigenvalue weighted by Crippen LogP contribution is -2.29. The molecule has 0 aliphatic carbocycles. The van der Waals surface area contributed by atoms with Crippen molar-refractivity contribution in [3.05, 3.63) is 29.3 Å². The van der Waals surface area contributed by atoms with Crippen LogP contribution >= 0.6 is 0 Å². The molecular formula is C13H16F2N2O3. The van der Waals surface area contributed by atoms with Gasteiger partial charge in [0.2, 0.25) is 0 Å². The normalized spacial score (nSPS) is 10.2. The second kappa shape index (κ2) is 7.42. The minimum Gasteiger partial charge on any atom is -0.452 e. The van der Waals surface area contributed by atoms with E-state index in [9.17, 15) is 18.4 Å². The number of esters is 1. The molecule has 0 saturated heterocycles. The van der Waals surface area contributed by atoms with E-state index in [2.05, 4.69) is 10.1 Å². The number of nitrogens with one attached hydrogen (secondary N) is 1. The highest BCUT2D eigenvalue weighted by Crippen LogP contribution is 2.17. The number of carbonyl (C=O) groups is 2. The zero-order chi connectivity index (χ0) is 15.1. The standard InChI is InChI=1S/C13H16F2N2O3/c1-2-3-4-17-12(18)7-20-13(19)8-5-9(14)10(15)6-11(8)16/h5-6H,2-4,7,16H2,1H3,(H,17,18). The van der Waals surface area contributed by atoms with Gasteiger partial charge in [-0.2, -0.15) is 0 Å². The van der Waals surface area contributed by atoms with Crippen LogP contribution in [0.3, 0.4) is 0 Å². The Bertz CT molecular complexity index is 507. The predicted molar refractivity (Wildman–Crippen MR) is 69.0 cm³/mol. The van der Waals surface area contributed by atoms with Gasteiger partial charge in [-0.3, -0.25) is 4.79 Å². The molecular weight excluding hydrogens is 270 g/mol. The summed E-state index contributed by atoms with van der Waals surface area (Å²) in [6, 6.07) is 1.33. The van der Waals surface area contributed by atoms with E-state index in [1.54, 1.807) is 0 Å². The molecule has 1 rings (SSSR count). The Morgan fingerprint density at radius 2 is 1.95 bits per heavy atom. The van der Waals surface area contributed by atoms with Crippen molar-refractivity contribution < 1.29 is 23.1 Å². The van der Waals surface area contributed by atoms with Crippen molar-refractivity contribution >= 4 is 17.6 Å². The van der Waals surface area contributed by atoms with Crippen LogP contribution in [0.25, 0.3) is 0 Å². The van der Waals surface area contributed by atoms with Gasteiger partial charge >= 0.3 is 5.97 Å². The number of nitrogen functional groups attached to an aromatic ring is 1. The second-order valence-corrected chi connectivity index (χ2v) is 4.13. The molecule has 0 aliphatic heterocycles.